The number of hydrogen-bond donors (Lipinski definition) is 2. The molecule has 0 fully saturated rings. The average molecular weight is 237 g/mol. The highest BCUT2D eigenvalue weighted by molar-refractivity contribution is 6.33. The maximum Gasteiger partial charge on any atom is 0.251 e. The minimum Gasteiger partial charge on any atom is -0.398 e. The number of carbonyl (C=O) groups is 1. The van der Waals surface area contributed by atoms with Crippen LogP contribution >= 0.6 is 11.6 Å². The van der Waals surface area contributed by atoms with Crippen LogP contribution in [0.3, 0.4) is 0 Å². The van der Waals surface area contributed by atoms with E-state index in [1.54, 1.807) is 18.2 Å². The van der Waals surface area contributed by atoms with Gasteiger partial charge < -0.3 is 11.1 Å². The number of benzene rings is 1. The van der Waals surface area contributed by atoms with Crippen molar-refractivity contribution in [3.05, 3.63) is 40.9 Å². The minimum atomic E-state index is -0.101. The van der Waals surface area contributed by atoms with Gasteiger partial charge in [0.15, 0.2) is 0 Å². The molecule has 1 aromatic carbocycles. The molecule has 0 saturated heterocycles. The van der Waals surface area contributed by atoms with Crippen LogP contribution in [0.15, 0.2) is 30.4 Å². The van der Waals surface area contributed by atoms with E-state index in [1.807, 2.05) is 0 Å². The number of halogens is 1. The fourth-order valence-corrected chi connectivity index (χ4v) is 1.85. The fraction of sp³-hybridized carbons (Fsp3) is 0.250. The van der Waals surface area contributed by atoms with Crippen LogP contribution in [0.25, 0.3) is 0 Å². The number of anilines is 1. The van der Waals surface area contributed by atoms with E-state index in [0.717, 1.165) is 12.8 Å². The molecule has 16 heavy (non-hydrogen) atoms. The van der Waals surface area contributed by atoms with Gasteiger partial charge in [-0.1, -0.05) is 23.8 Å². The third kappa shape index (κ3) is 2.36. The second-order valence-electron chi connectivity index (χ2n) is 3.85. The van der Waals surface area contributed by atoms with E-state index >= 15 is 0 Å². The summed E-state index contributed by atoms with van der Waals surface area (Å²) in [5.41, 5.74) is 6.61. The molecule has 1 amide bonds. The molecule has 2 rings (SSSR count). The molecular formula is C12H13ClN2O. The van der Waals surface area contributed by atoms with E-state index in [2.05, 4.69) is 17.5 Å². The van der Waals surface area contributed by atoms with Crippen LogP contribution < -0.4 is 11.1 Å². The van der Waals surface area contributed by atoms with Crippen LogP contribution in [-0.4, -0.2) is 11.9 Å². The molecule has 0 spiro atoms. The number of rotatable bonds is 2. The Morgan fingerprint density at radius 1 is 1.38 bits per heavy atom. The first-order chi connectivity index (χ1) is 7.66. The standard InChI is InChI=1S/C12H13ClN2O/c13-10-7-8(5-6-11(10)14)12(16)15-9-3-1-2-4-9/h1-2,5-7,9H,3-4,14H2,(H,15,16). The van der Waals surface area contributed by atoms with E-state index in [4.69, 9.17) is 17.3 Å². The van der Waals surface area contributed by atoms with Crippen molar-refractivity contribution in [2.75, 3.05) is 5.73 Å². The summed E-state index contributed by atoms with van der Waals surface area (Å²) in [5.74, 6) is -0.101. The SMILES string of the molecule is Nc1ccc(C(=O)NC2CC=CC2)cc1Cl. The lowest BCUT2D eigenvalue weighted by Crippen LogP contribution is -2.32. The van der Waals surface area contributed by atoms with E-state index < -0.39 is 0 Å². The Balaban J connectivity index is 2.05. The Labute approximate surface area is 99.3 Å². The third-order valence-electron chi connectivity index (χ3n) is 2.61. The molecule has 0 aliphatic heterocycles. The number of nitrogens with one attached hydrogen (secondary N) is 1. The van der Waals surface area contributed by atoms with Crippen LogP contribution in [0.4, 0.5) is 5.69 Å². The van der Waals surface area contributed by atoms with Gasteiger partial charge in [0.2, 0.25) is 0 Å². The highest BCUT2D eigenvalue weighted by Crippen LogP contribution is 2.20. The van der Waals surface area contributed by atoms with Crippen molar-refractivity contribution in [1.82, 2.24) is 5.32 Å². The van der Waals surface area contributed by atoms with E-state index in [9.17, 15) is 4.79 Å². The van der Waals surface area contributed by atoms with Gasteiger partial charge in [0.05, 0.1) is 10.7 Å². The van der Waals surface area contributed by atoms with Gasteiger partial charge in [-0.25, -0.2) is 0 Å². The lowest BCUT2D eigenvalue weighted by Gasteiger charge is -2.12. The number of hydrogen-bond acceptors (Lipinski definition) is 2. The highest BCUT2D eigenvalue weighted by Gasteiger charge is 2.14. The molecule has 3 nitrogen and oxygen atoms in total. The Kier molecular flexibility index (Phi) is 3.15. The molecule has 0 unspecified atom stereocenters. The van der Waals surface area contributed by atoms with Crippen molar-refractivity contribution >= 4 is 23.2 Å². The molecule has 3 N–H and O–H groups in total. The predicted octanol–water partition coefficient (Wildman–Crippen LogP) is 2.37. The molecule has 0 radical (unpaired) electrons. The van der Waals surface area contributed by atoms with Crippen molar-refractivity contribution in [3.63, 3.8) is 0 Å². The zero-order chi connectivity index (χ0) is 11.5. The van der Waals surface area contributed by atoms with E-state index in [0.29, 0.717) is 16.3 Å². The monoisotopic (exact) mass is 236 g/mol. The Hall–Kier alpha value is -1.48. The molecule has 0 bridgehead atoms. The van der Waals surface area contributed by atoms with Crippen LogP contribution in [-0.2, 0) is 0 Å². The van der Waals surface area contributed by atoms with Gasteiger partial charge in [0, 0.05) is 11.6 Å². The first-order valence-electron chi connectivity index (χ1n) is 5.17. The zero-order valence-corrected chi connectivity index (χ0v) is 9.50. The Morgan fingerprint density at radius 2 is 2.06 bits per heavy atom. The molecule has 0 atom stereocenters. The smallest absolute Gasteiger partial charge is 0.251 e. The van der Waals surface area contributed by atoms with E-state index in [-0.39, 0.29) is 11.9 Å². The van der Waals surface area contributed by atoms with Crippen LogP contribution in [0.5, 0.6) is 0 Å². The Bertz CT molecular complexity index is 435. The second-order valence-corrected chi connectivity index (χ2v) is 4.26. The average Bonchev–Trinajstić information content (AvgIpc) is 2.74. The summed E-state index contributed by atoms with van der Waals surface area (Å²) in [7, 11) is 0. The van der Waals surface area contributed by atoms with Crippen LogP contribution in [0.1, 0.15) is 23.2 Å². The van der Waals surface area contributed by atoms with Gasteiger partial charge in [-0.15, -0.1) is 0 Å². The molecule has 1 aliphatic rings. The third-order valence-corrected chi connectivity index (χ3v) is 2.93. The maximum atomic E-state index is 11.8. The molecule has 84 valence electrons. The first kappa shape index (κ1) is 11.0. The molecule has 4 heteroatoms. The number of nitrogen functional groups attached to an aromatic ring is 1. The minimum absolute atomic E-state index is 0.101. The summed E-state index contributed by atoms with van der Waals surface area (Å²) in [5, 5.41) is 3.36. The van der Waals surface area contributed by atoms with Crippen molar-refractivity contribution in [2.24, 2.45) is 0 Å². The zero-order valence-electron chi connectivity index (χ0n) is 8.74. The van der Waals surface area contributed by atoms with Crippen molar-refractivity contribution in [2.45, 2.75) is 18.9 Å². The summed E-state index contributed by atoms with van der Waals surface area (Å²) in [6, 6.07) is 5.13. The summed E-state index contributed by atoms with van der Waals surface area (Å²) < 4.78 is 0. The molecular weight excluding hydrogens is 224 g/mol. The molecule has 0 aromatic heterocycles. The molecule has 0 saturated carbocycles. The fourth-order valence-electron chi connectivity index (χ4n) is 1.67. The van der Waals surface area contributed by atoms with Crippen molar-refractivity contribution in [3.8, 4) is 0 Å². The Morgan fingerprint density at radius 3 is 2.69 bits per heavy atom. The highest BCUT2D eigenvalue weighted by atomic mass is 35.5. The van der Waals surface area contributed by atoms with Gasteiger partial charge in [-0.3, -0.25) is 4.79 Å². The van der Waals surface area contributed by atoms with Crippen molar-refractivity contribution in [1.29, 1.82) is 0 Å². The second kappa shape index (κ2) is 4.58. The summed E-state index contributed by atoms with van der Waals surface area (Å²) in [6.07, 6.45) is 5.94. The van der Waals surface area contributed by atoms with Gasteiger partial charge in [0.25, 0.3) is 5.91 Å². The van der Waals surface area contributed by atoms with Gasteiger partial charge in [-0.2, -0.15) is 0 Å². The quantitative estimate of drug-likeness (QED) is 0.612. The molecule has 1 aromatic rings. The molecule has 0 heterocycles. The first-order valence-corrected chi connectivity index (χ1v) is 5.55. The largest absolute Gasteiger partial charge is 0.398 e. The van der Waals surface area contributed by atoms with E-state index in [1.165, 1.54) is 0 Å². The molecule has 1 aliphatic carbocycles. The topological polar surface area (TPSA) is 55.1 Å². The van der Waals surface area contributed by atoms with Crippen molar-refractivity contribution < 1.29 is 4.79 Å². The van der Waals surface area contributed by atoms with Gasteiger partial charge in [0.1, 0.15) is 0 Å². The summed E-state index contributed by atoms with van der Waals surface area (Å²) >= 11 is 5.86. The summed E-state index contributed by atoms with van der Waals surface area (Å²) in [6.45, 7) is 0. The van der Waals surface area contributed by atoms with Gasteiger partial charge >= 0.3 is 0 Å². The summed E-state index contributed by atoms with van der Waals surface area (Å²) in [4.78, 5) is 11.8. The lowest BCUT2D eigenvalue weighted by molar-refractivity contribution is 0.0939. The maximum absolute atomic E-state index is 11.8. The van der Waals surface area contributed by atoms with Crippen LogP contribution in [0, 0.1) is 0 Å². The normalized spacial score (nSPS) is 15.3. The van der Waals surface area contributed by atoms with Crippen LogP contribution in [0.2, 0.25) is 5.02 Å². The predicted molar refractivity (Wildman–Crippen MR) is 65.5 cm³/mol. The lowest BCUT2D eigenvalue weighted by atomic mass is 10.1. The van der Waals surface area contributed by atoms with Gasteiger partial charge in [-0.05, 0) is 31.0 Å². The number of nitrogens with two attached hydrogens (primary N) is 1. The number of amides is 1. The number of carbonyl (C=O) groups excluding carboxylic acids is 1.